The van der Waals surface area contributed by atoms with E-state index in [1.54, 1.807) is 12.3 Å². The third kappa shape index (κ3) is 2.76. The summed E-state index contributed by atoms with van der Waals surface area (Å²) in [6, 6.07) is 1.79. The molecule has 1 aromatic rings. The Kier molecular flexibility index (Phi) is 3.86. The molecule has 1 aliphatic heterocycles. The van der Waals surface area contributed by atoms with Gasteiger partial charge in [-0.15, -0.1) is 0 Å². The second-order valence-electron chi connectivity index (χ2n) is 6.33. The van der Waals surface area contributed by atoms with Gasteiger partial charge in [-0.25, -0.2) is 9.88 Å². The molecule has 0 radical (unpaired) electrons. The van der Waals surface area contributed by atoms with Crippen LogP contribution in [-0.2, 0) is 9.59 Å². The van der Waals surface area contributed by atoms with Crippen molar-refractivity contribution in [2.24, 2.45) is 5.41 Å². The SMILES string of the molecule is Cc1cc(N2C(=O)CC3(CCCCC3)CC2=O)ncc1Br. The molecule has 1 spiro atoms. The third-order valence-electron chi connectivity index (χ3n) is 4.73. The molecule has 2 aliphatic rings. The van der Waals surface area contributed by atoms with Crippen molar-refractivity contribution in [2.45, 2.75) is 51.9 Å². The van der Waals surface area contributed by atoms with Crippen LogP contribution < -0.4 is 4.90 Å². The van der Waals surface area contributed by atoms with Crippen LogP contribution in [0.1, 0.15) is 50.5 Å². The molecule has 1 aromatic heterocycles. The molecule has 21 heavy (non-hydrogen) atoms. The lowest BCUT2D eigenvalue weighted by atomic mass is 9.67. The quantitative estimate of drug-likeness (QED) is 0.724. The Balaban J connectivity index is 1.86. The number of rotatable bonds is 1. The van der Waals surface area contributed by atoms with Gasteiger partial charge in [0.05, 0.1) is 0 Å². The van der Waals surface area contributed by atoms with Crippen LogP contribution in [-0.4, -0.2) is 16.8 Å². The van der Waals surface area contributed by atoms with Crippen LogP contribution >= 0.6 is 15.9 Å². The van der Waals surface area contributed by atoms with Gasteiger partial charge < -0.3 is 0 Å². The zero-order chi connectivity index (χ0) is 15.0. The van der Waals surface area contributed by atoms with Crippen molar-refractivity contribution in [3.63, 3.8) is 0 Å². The van der Waals surface area contributed by atoms with Crippen LogP contribution in [0, 0.1) is 12.3 Å². The minimum atomic E-state index is -0.0950. The van der Waals surface area contributed by atoms with Crippen LogP contribution in [0.15, 0.2) is 16.7 Å². The molecule has 112 valence electrons. The second-order valence-corrected chi connectivity index (χ2v) is 7.18. The summed E-state index contributed by atoms with van der Waals surface area (Å²) in [5.74, 6) is 0.265. The molecule has 0 aromatic carbocycles. The average Bonchev–Trinajstić information content (AvgIpc) is 2.42. The van der Waals surface area contributed by atoms with Crippen LogP contribution in [0.5, 0.6) is 0 Å². The minimum Gasteiger partial charge on any atom is -0.274 e. The Morgan fingerprint density at radius 1 is 1.14 bits per heavy atom. The van der Waals surface area contributed by atoms with Crippen molar-refractivity contribution in [3.05, 3.63) is 22.3 Å². The molecule has 2 fully saturated rings. The van der Waals surface area contributed by atoms with Gasteiger partial charge in [-0.05, 0) is 52.7 Å². The molecule has 0 N–H and O–H groups in total. The standard InChI is InChI=1S/C16H19BrN2O2/c1-11-7-13(18-10-12(11)17)19-14(20)8-16(9-15(19)21)5-3-2-4-6-16/h7,10H,2-6,8-9H2,1H3. The zero-order valence-corrected chi connectivity index (χ0v) is 13.8. The van der Waals surface area contributed by atoms with Gasteiger partial charge in [-0.1, -0.05) is 19.3 Å². The first-order valence-corrected chi connectivity index (χ1v) is 8.28. The van der Waals surface area contributed by atoms with E-state index in [-0.39, 0.29) is 17.2 Å². The van der Waals surface area contributed by atoms with Gasteiger partial charge in [0.25, 0.3) is 0 Å². The predicted molar refractivity (Wildman–Crippen MR) is 83.9 cm³/mol. The molecule has 5 heteroatoms. The van der Waals surface area contributed by atoms with E-state index in [4.69, 9.17) is 0 Å². The highest BCUT2D eigenvalue weighted by Gasteiger charge is 2.44. The smallest absolute Gasteiger partial charge is 0.235 e. The van der Waals surface area contributed by atoms with Crippen molar-refractivity contribution < 1.29 is 9.59 Å². The molecule has 0 atom stereocenters. The molecule has 0 unspecified atom stereocenters. The summed E-state index contributed by atoms with van der Waals surface area (Å²) in [6.45, 7) is 1.93. The van der Waals surface area contributed by atoms with Crippen molar-refractivity contribution in [1.82, 2.24) is 4.98 Å². The summed E-state index contributed by atoms with van der Waals surface area (Å²) < 4.78 is 0.881. The number of nitrogens with zero attached hydrogens (tertiary/aromatic N) is 2. The highest BCUT2D eigenvalue weighted by atomic mass is 79.9. The van der Waals surface area contributed by atoms with E-state index in [9.17, 15) is 9.59 Å². The predicted octanol–water partition coefficient (Wildman–Crippen LogP) is 3.76. The number of imide groups is 1. The van der Waals surface area contributed by atoms with Gasteiger partial charge in [0, 0.05) is 23.5 Å². The number of anilines is 1. The number of pyridine rings is 1. The monoisotopic (exact) mass is 350 g/mol. The Bertz CT molecular complexity index is 574. The van der Waals surface area contributed by atoms with E-state index in [1.165, 1.54) is 11.3 Å². The van der Waals surface area contributed by atoms with Crippen LogP contribution in [0.2, 0.25) is 0 Å². The Morgan fingerprint density at radius 2 is 1.76 bits per heavy atom. The molecule has 1 aliphatic carbocycles. The van der Waals surface area contributed by atoms with Gasteiger partial charge in [-0.3, -0.25) is 9.59 Å². The van der Waals surface area contributed by atoms with E-state index in [0.717, 1.165) is 35.7 Å². The fraction of sp³-hybridized carbons (Fsp3) is 0.562. The maximum absolute atomic E-state index is 12.5. The summed E-state index contributed by atoms with van der Waals surface area (Å²) in [5, 5.41) is 0. The number of amides is 2. The van der Waals surface area contributed by atoms with Gasteiger partial charge in [-0.2, -0.15) is 0 Å². The van der Waals surface area contributed by atoms with Gasteiger partial charge in [0.2, 0.25) is 11.8 Å². The zero-order valence-electron chi connectivity index (χ0n) is 12.2. The van der Waals surface area contributed by atoms with Crippen LogP contribution in [0.3, 0.4) is 0 Å². The fourth-order valence-corrected chi connectivity index (χ4v) is 3.78. The van der Waals surface area contributed by atoms with Crippen LogP contribution in [0.4, 0.5) is 5.82 Å². The second kappa shape index (κ2) is 5.52. The number of carbonyl (C=O) groups excluding carboxylic acids is 2. The number of hydrogen-bond acceptors (Lipinski definition) is 3. The van der Waals surface area contributed by atoms with E-state index in [1.807, 2.05) is 6.92 Å². The highest BCUT2D eigenvalue weighted by Crippen LogP contribution is 2.45. The number of hydrogen-bond donors (Lipinski definition) is 0. The first-order valence-electron chi connectivity index (χ1n) is 7.49. The maximum Gasteiger partial charge on any atom is 0.235 e. The van der Waals surface area contributed by atoms with Crippen molar-refractivity contribution in [1.29, 1.82) is 0 Å². The lowest BCUT2D eigenvalue weighted by Gasteiger charge is -2.42. The molecule has 4 nitrogen and oxygen atoms in total. The third-order valence-corrected chi connectivity index (χ3v) is 5.56. The lowest BCUT2D eigenvalue weighted by Crippen LogP contribution is -2.49. The van der Waals surface area contributed by atoms with E-state index >= 15 is 0 Å². The van der Waals surface area contributed by atoms with Gasteiger partial charge in [0.1, 0.15) is 5.82 Å². The number of aryl methyl sites for hydroxylation is 1. The van der Waals surface area contributed by atoms with Gasteiger partial charge >= 0.3 is 0 Å². The summed E-state index contributed by atoms with van der Waals surface area (Å²) in [7, 11) is 0. The summed E-state index contributed by atoms with van der Waals surface area (Å²) in [5.41, 5.74) is 0.895. The largest absolute Gasteiger partial charge is 0.274 e. The van der Waals surface area contributed by atoms with E-state index in [2.05, 4.69) is 20.9 Å². The fourth-order valence-electron chi connectivity index (χ4n) is 3.56. The summed E-state index contributed by atoms with van der Waals surface area (Å²) in [6.07, 6.45) is 8.12. The number of piperidine rings is 1. The molecular formula is C16H19BrN2O2. The summed E-state index contributed by atoms with van der Waals surface area (Å²) in [4.78, 5) is 30.6. The highest BCUT2D eigenvalue weighted by molar-refractivity contribution is 9.10. The number of carbonyl (C=O) groups is 2. The average molecular weight is 351 g/mol. The molecule has 2 heterocycles. The minimum absolute atomic E-state index is 0.0761. The maximum atomic E-state index is 12.5. The van der Waals surface area contributed by atoms with Crippen molar-refractivity contribution in [2.75, 3.05) is 4.90 Å². The lowest BCUT2D eigenvalue weighted by molar-refractivity contribution is -0.134. The Morgan fingerprint density at radius 3 is 2.33 bits per heavy atom. The normalized spacial score (nSPS) is 21.9. The molecular weight excluding hydrogens is 332 g/mol. The van der Waals surface area contributed by atoms with E-state index in [0.29, 0.717) is 18.7 Å². The molecule has 3 rings (SSSR count). The first-order chi connectivity index (χ1) is 10.0. The Labute approximate surface area is 133 Å². The Hall–Kier alpha value is -1.23. The van der Waals surface area contributed by atoms with Crippen LogP contribution in [0.25, 0.3) is 0 Å². The van der Waals surface area contributed by atoms with Gasteiger partial charge in [0.15, 0.2) is 0 Å². The molecule has 2 amide bonds. The van der Waals surface area contributed by atoms with Crippen molar-refractivity contribution in [3.8, 4) is 0 Å². The molecule has 1 saturated carbocycles. The van der Waals surface area contributed by atoms with E-state index < -0.39 is 0 Å². The molecule has 1 saturated heterocycles. The van der Waals surface area contributed by atoms with Crippen molar-refractivity contribution >= 4 is 33.6 Å². The summed E-state index contributed by atoms with van der Waals surface area (Å²) >= 11 is 3.39. The topological polar surface area (TPSA) is 50.3 Å². The number of halogens is 1. The molecule has 0 bridgehead atoms. The first kappa shape index (κ1) is 14.7. The number of aromatic nitrogens is 1.